The van der Waals surface area contributed by atoms with Crippen LogP contribution in [0.15, 0.2) is 60.3 Å². The number of rotatable bonds is 2. The number of carbonyl (C=O) groups excluding carboxylic acids is 1. The minimum absolute atomic E-state index is 0.0904. The monoisotopic (exact) mass is 514 g/mol. The number of fused-ring (bicyclic) bond motifs is 3. The average molecular weight is 515 g/mol. The van der Waals surface area contributed by atoms with Gasteiger partial charge in [0.1, 0.15) is 12.2 Å². The molecule has 0 aromatic carbocycles. The van der Waals surface area contributed by atoms with Crippen molar-refractivity contribution in [2.45, 2.75) is 108 Å². The first-order valence-electron chi connectivity index (χ1n) is 13.6. The number of epoxide rings is 1. The number of carbonyl (C=O) groups is 1. The van der Waals surface area contributed by atoms with Gasteiger partial charge in [-0.25, -0.2) is 4.79 Å². The molecule has 0 spiro atoms. The molecular weight excluding hydrogens is 472 g/mol. The van der Waals surface area contributed by atoms with Crippen molar-refractivity contribution in [3.63, 3.8) is 0 Å². The summed E-state index contributed by atoms with van der Waals surface area (Å²) in [4.78, 5) is 12.6. The normalized spacial score (nSPS) is 41.1. The molecule has 0 saturated carbocycles. The van der Waals surface area contributed by atoms with Crippen molar-refractivity contribution in [3.8, 4) is 0 Å². The van der Waals surface area contributed by atoms with E-state index in [0.29, 0.717) is 25.4 Å². The lowest BCUT2D eigenvalue weighted by Crippen LogP contribution is -2.32. The molecule has 7 heteroatoms. The number of ether oxygens (including phenoxy) is 4. The maximum Gasteiger partial charge on any atom is 0.331 e. The highest BCUT2D eigenvalue weighted by molar-refractivity contribution is 5.82. The Balaban J connectivity index is 1.46. The van der Waals surface area contributed by atoms with Gasteiger partial charge in [0.2, 0.25) is 0 Å². The number of aliphatic hydroxyl groups excluding tert-OH is 2. The molecule has 37 heavy (non-hydrogen) atoms. The first-order valence-corrected chi connectivity index (χ1v) is 13.6. The van der Waals surface area contributed by atoms with E-state index in [4.69, 9.17) is 18.9 Å². The molecule has 0 aromatic heterocycles. The quantitative estimate of drug-likeness (QED) is 0.325. The highest BCUT2D eigenvalue weighted by atomic mass is 16.6. The van der Waals surface area contributed by atoms with E-state index in [2.05, 4.69) is 26.5 Å². The van der Waals surface area contributed by atoms with Crippen molar-refractivity contribution in [2.24, 2.45) is 5.92 Å². The summed E-state index contributed by atoms with van der Waals surface area (Å²) >= 11 is 0. The van der Waals surface area contributed by atoms with E-state index < -0.39 is 24.3 Å². The Morgan fingerprint density at radius 1 is 1.03 bits per heavy atom. The Labute approximate surface area is 220 Å². The predicted molar refractivity (Wildman–Crippen MR) is 141 cm³/mol. The van der Waals surface area contributed by atoms with E-state index in [1.54, 1.807) is 12.2 Å². The van der Waals surface area contributed by atoms with Crippen molar-refractivity contribution >= 4 is 5.97 Å². The van der Waals surface area contributed by atoms with Gasteiger partial charge in [-0.2, -0.15) is 0 Å². The fraction of sp³-hybridized carbons (Fsp3) is 0.633. The van der Waals surface area contributed by atoms with Crippen molar-refractivity contribution in [1.82, 2.24) is 0 Å². The molecule has 1 fully saturated rings. The van der Waals surface area contributed by atoms with Crippen LogP contribution in [-0.4, -0.2) is 71.6 Å². The van der Waals surface area contributed by atoms with Crippen molar-refractivity contribution in [2.75, 3.05) is 6.61 Å². The third-order valence-electron chi connectivity index (χ3n) is 7.43. The predicted octanol–water partition coefficient (Wildman–Crippen LogP) is 4.11. The van der Waals surface area contributed by atoms with Crippen LogP contribution in [-0.2, 0) is 23.7 Å². The molecule has 204 valence electrons. The molecule has 0 unspecified atom stereocenters. The van der Waals surface area contributed by atoms with E-state index >= 15 is 0 Å². The first kappa shape index (κ1) is 28.0. The van der Waals surface area contributed by atoms with Gasteiger partial charge in [-0.05, 0) is 57.4 Å². The van der Waals surface area contributed by atoms with Gasteiger partial charge < -0.3 is 29.2 Å². The number of hydrogen-bond acceptors (Lipinski definition) is 7. The second kappa shape index (κ2) is 13.2. The zero-order chi connectivity index (χ0) is 26.4. The average Bonchev–Trinajstić information content (AvgIpc) is 3.60. The van der Waals surface area contributed by atoms with Gasteiger partial charge in [-0.3, -0.25) is 0 Å². The molecule has 1 saturated heterocycles. The van der Waals surface area contributed by atoms with Crippen LogP contribution < -0.4 is 0 Å². The van der Waals surface area contributed by atoms with Gasteiger partial charge in [0.05, 0.1) is 43.2 Å². The van der Waals surface area contributed by atoms with Gasteiger partial charge in [0, 0.05) is 12.5 Å². The van der Waals surface area contributed by atoms with Crippen LogP contribution in [0.1, 0.15) is 58.8 Å². The molecule has 4 rings (SSSR count). The van der Waals surface area contributed by atoms with E-state index in [1.807, 2.05) is 18.2 Å². The summed E-state index contributed by atoms with van der Waals surface area (Å²) in [7, 11) is 0. The third kappa shape index (κ3) is 8.76. The lowest BCUT2D eigenvalue weighted by molar-refractivity contribution is -0.145. The van der Waals surface area contributed by atoms with Crippen molar-refractivity contribution in [1.29, 1.82) is 0 Å². The molecule has 4 aliphatic rings. The summed E-state index contributed by atoms with van der Waals surface area (Å²) < 4.78 is 23.3. The van der Waals surface area contributed by atoms with Crippen molar-refractivity contribution in [3.05, 3.63) is 60.3 Å². The summed E-state index contributed by atoms with van der Waals surface area (Å²) in [6.45, 7) is 8.96. The Bertz CT molecular complexity index is 919. The van der Waals surface area contributed by atoms with Gasteiger partial charge >= 0.3 is 5.97 Å². The molecule has 4 heterocycles. The molecule has 9 atom stereocenters. The summed E-state index contributed by atoms with van der Waals surface area (Å²) in [6.07, 6.45) is 14.3. The standard InChI is InChI=1S/C30H42O7/c1-19-12-13-34-23(15-19)10-11-27-25(31)18-28-30(37-28)26(32)17-21(3)14-20(2)16-24-8-4-6-22(35-24)7-5-9-29(33)36-27/h4-6,9-12,20,22-28,30-32H,3,7-8,13-18H2,1-2H3/b9-5-,11-10+/t20-,22-,23+,24-,25-,26-,27-,28-,30-/m0/s1. The van der Waals surface area contributed by atoms with Gasteiger partial charge in [0.15, 0.2) is 0 Å². The molecule has 0 aliphatic carbocycles. The summed E-state index contributed by atoms with van der Waals surface area (Å²) in [5.74, 6) is -0.149. The van der Waals surface area contributed by atoms with Crippen LogP contribution >= 0.6 is 0 Å². The molecule has 2 bridgehead atoms. The van der Waals surface area contributed by atoms with Gasteiger partial charge in [-0.15, -0.1) is 0 Å². The SMILES string of the molecule is C=C1C[C@H](C)C[C@@H]2CC=C[C@@H](C/C=C\C(=O)O[C@@H](/C=C/[C@@H]3CC(C)=CCO3)[C@@H](O)C[C@@H]3O[C@H]3[C@@H](O)C1)O2. The van der Waals surface area contributed by atoms with E-state index in [9.17, 15) is 15.0 Å². The summed E-state index contributed by atoms with van der Waals surface area (Å²) in [5, 5.41) is 21.7. The molecule has 4 aliphatic heterocycles. The summed E-state index contributed by atoms with van der Waals surface area (Å²) in [6, 6.07) is 0. The third-order valence-corrected chi connectivity index (χ3v) is 7.43. The highest BCUT2D eigenvalue weighted by Gasteiger charge is 2.46. The Morgan fingerprint density at radius 2 is 1.86 bits per heavy atom. The van der Waals surface area contributed by atoms with Crippen LogP contribution in [0.4, 0.5) is 0 Å². The zero-order valence-corrected chi connectivity index (χ0v) is 22.0. The molecule has 0 amide bonds. The minimum Gasteiger partial charge on any atom is -0.452 e. The molecule has 0 radical (unpaired) electrons. The largest absolute Gasteiger partial charge is 0.452 e. The number of aliphatic hydroxyl groups is 2. The summed E-state index contributed by atoms with van der Waals surface area (Å²) in [5.41, 5.74) is 2.23. The van der Waals surface area contributed by atoms with Crippen LogP contribution in [0.5, 0.6) is 0 Å². The maximum atomic E-state index is 12.6. The maximum absolute atomic E-state index is 12.6. The van der Waals surface area contributed by atoms with Crippen LogP contribution in [0.3, 0.4) is 0 Å². The second-order valence-electron chi connectivity index (χ2n) is 11.0. The van der Waals surface area contributed by atoms with Crippen LogP contribution in [0.2, 0.25) is 0 Å². The van der Waals surface area contributed by atoms with Crippen LogP contribution in [0.25, 0.3) is 0 Å². The molecule has 7 nitrogen and oxygen atoms in total. The molecular formula is C30H42O7. The zero-order valence-electron chi connectivity index (χ0n) is 22.0. The smallest absolute Gasteiger partial charge is 0.331 e. The lowest BCUT2D eigenvalue weighted by Gasteiger charge is -2.28. The number of hydrogen-bond donors (Lipinski definition) is 2. The lowest BCUT2D eigenvalue weighted by atomic mass is 9.91. The minimum atomic E-state index is -0.980. The first-order chi connectivity index (χ1) is 17.8. The van der Waals surface area contributed by atoms with Crippen molar-refractivity contribution < 1.29 is 34.0 Å². The van der Waals surface area contributed by atoms with Crippen LogP contribution in [0, 0.1) is 5.92 Å². The molecule has 2 N–H and O–H groups in total. The number of esters is 1. The fourth-order valence-corrected chi connectivity index (χ4v) is 5.44. The van der Waals surface area contributed by atoms with Gasteiger partial charge in [-0.1, -0.05) is 55.0 Å². The fourth-order valence-electron chi connectivity index (χ4n) is 5.44. The van der Waals surface area contributed by atoms with E-state index in [1.165, 1.54) is 11.6 Å². The topological polar surface area (TPSA) is 97.8 Å². The number of cyclic esters (lactones) is 1. The Hall–Kier alpha value is -2.03. The van der Waals surface area contributed by atoms with E-state index in [0.717, 1.165) is 31.3 Å². The molecule has 0 aromatic rings. The van der Waals surface area contributed by atoms with Gasteiger partial charge in [0.25, 0.3) is 0 Å². The Morgan fingerprint density at radius 3 is 2.68 bits per heavy atom. The Kier molecular flexibility index (Phi) is 9.96. The van der Waals surface area contributed by atoms with E-state index in [-0.39, 0.29) is 36.9 Å². The second-order valence-corrected chi connectivity index (χ2v) is 11.0. The highest BCUT2D eigenvalue weighted by Crippen LogP contribution is 2.34.